The van der Waals surface area contributed by atoms with Crippen molar-refractivity contribution in [2.75, 3.05) is 10.6 Å². The highest BCUT2D eigenvalue weighted by molar-refractivity contribution is 6.31. The molecule has 1 atom stereocenters. The zero-order valence-electron chi connectivity index (χ0n) is 15.5. The maximum atomic E-state index is 13.5. The molecule has 28 heavy (non-hydrogen) atoms. The SMILES string of the molecule is CCC(=O)Nc1cc(Cl)cc(NC(=O)c2cnn(C(C)CC)c2C(F)(F)F)c1. The van der Waals surface area contributed by atoms with E-state index in [2.05, 4.69) is 15.7 Å². The summed E-state index contributed by atoms with van der Waals surface area (Å²) in [6.45, 7) is 4.98. The number of carbonyl (C=O) groups is 2. The van der Waals surface area contributed by atoms with E-state index in [-0.39, 0.29) is 23.0 Å². The van der Waals surface area contributed by atoms with Gasteiger partial charge in [-0.2, -0.15) is 18.3 Å². The van der Waals surface area contributed by atoms with Crippen molar-refractivity contribution in [1.29, 1.82) is 0 Å². The summed E-state index contributed by atoms with van der Waals surface area (Å²) in [5, 5.41) is 8.92. The van der Waals surface area contributed by atoms with E-state index in [1.54, 1.807) is 20.8 Å². The predicted octanol–water partition coefficient (Wildman–Crippen LogP) is 5.13. The topological polar surface area (TPSA) is 76.0 Å². The molecule has 2 amide bonds. The van der Waals surface area contributed by atoms with Crippen molar-refractivity contribution < 1.29 is 22.8 Å². The van der Waals surface area contributed by atoms with Crippen LogP contribution in [0.5, 0.6) is 0 Å². The number of hydrogen-bond acceptors (Lipinski definition) is 3. The Morgan fingerprint density at radius 2 is 1.79 bits per heavy atom. The van der Waals surface area contributed by atoms with Crippen molar-refractivity contribution in [3.63, 3.8) is 0 Å². The molecule has 0 saturated heterocycles. The smallest absolute Gasteiger partial charge is 0.326 e. The van der Waals surface area contributed by atoms with Gasteiger partial charge in [-0.1, -0.05) is 25.4 Å². The van der Waals surface area contributed by atoms with Crippen LogP contribution < -0.4 is 10.6 Å². The number of amides is 2. The molecule has 0 fully saturated rings. The molecule has 0 aliphatic rings. The number of nitrogens with one attached hydrogen (secondary N) is 2. The van der Waals surface area contributed by atoms with Crippen molar-refractivity contribution in [2.24, 2.45) is 0 Å². The molecule has 0 bridgehead atoms. The van der Waals surface area contributed by atoms with Crippen LogP contribution in [-0.4, -0.2) is 21.6 Å². The lowest BCUT2D eigenvalue weighted by molar-refractivity contribution is -0.145. The van der Waals surface area contributed by atoms with Crippen LogP contribution >= 0.6 is 11.6 Å². The van der Waals surface area contributed by atoms with Crippen LogP contribution in [-0.2, 0) is 11.0 Å². The van der Waals surface area contributed by atoms with E-state index in [9.17, 15) is 22.8 Å². The molecule has 0 aliphatic heterocycles. The zero-order valence-corrected chi connectivity index (χ0v) is 16.3. The number of nitrogens with zero attached hydrogens (tertiary/aromatic N) is 2. The van der Waals surface area contributed by atoms with E-state index in [0.717, 1.165) is 10.9 Å². The first-order valence-corrected chi connectivity index (χ1v) is 9.01. The summed E-state index contributed by atoms with van der Waals surface area (Å²) in [5.41, 5.74) is -1.23. The van der Waals surface area contributed by atoms with Crippen molar-refractivity contribution in [1.82, 2.24) is 9.78 Å². The summed E-state index contributed by atoms with van der Waals surface area (Å²) in [4.78, 5) is 24.0. The van der Waals surface area contributed by atoms with Gasteiger partial charge in [-0.05, 0) is 31.5 Å². The number of halogens is 4. The van der Waals surface area contributed by atoms with Crippen LogP contribution in [0.1, 0.15) is 55.7 Å². The maximum Gasteiger partial charge on any atom is 0.433 e. The second kappa shape index (κ2) is 8.64. The molecule has 152 valence electrons. The quantitative estimate of drug-likeness (QED) is 0.685. The molecule has 2 rings (SSSR count). The van der Waals surface area contributed by atoms with E-state index >= 15 is 0 Å². The van der Waals surface area contributed by atoms with Gasteiger partial charge in [-0.15, -0.1) is 0 Å². The van der Waals surface area contributed by atoms with E-state index in [4.69, 9.17) is 11.6 Å². The lowest BCUT2D eigenvalue weighted by Gasteiger charge is -2.17. The maximum absolute atomic E-state index is 13.5. The second-order valence-corrected chi connectivity index (χ2v) is 6.63. The fraction of sp³-hybridized carbons (Fsp3) is 0.389. The number of carbonyl (C=O) groups excluding carboxylic acids is 2. The van der Waals surface area contributed by atoms with Gasteiger partial charge in [0.2, 0.25) is 5.91 Å². The highest BCUT2D eigenvalue weighted by Gasteiger charge is 2.40. The standard InChI is InChI=1S/C18H20ClF3N4O2/c1-4-10(3)26-16(18(20,21)22)14(9-23-26)17(28)25-13-7-11(19)6-12(8-13)24-15(27)5-2/h6-10H,4-5H2,1-3H3,(H,24,27)(H,25,28). The van der Waals surface area contributed by atoms with E-state index in [1.807, 2.05) is 0 Å². The van der Waals surface area contributed by atoms with Gasteiger partial charge in [-0.25, -0.2) is 0 Å². The van der Waals surface area contributed by atoms with Gasteiger partial charge in [0.25, 0.3) is 5.91 Å². The fourth-order valence-corrected chi connectivity index (χ4v) is 2.73. The van der Waals surface area contributed by atoms with Gasteiger partial charge in [-0.3, -0.25) is 14.3 Å². The van der Waals surface area contributed by atoms with Gasteiger partial charge >= 0.3 is 6.18 Å². The molecular formula is C18H20ClF3N4O2. The van der Waals surface area contributed by atoms with Crippen LogP contribution in [0.25, 0.3) is 0 Å². The Labute approximate surface area is 165 Å². The monoisotopic (exact) mass is 416 g/mol. The number of aromatic nitrogens is 2. The minimum atomic E-state index is -4.75. The van der Waals surface area contributed by atoms with Gasteiger partial charge in [0.15, 0.2) is 5.69 Å². The third-order valence-corrected chi connectivity index (χ3v) is 4.30. The highest BCUT2D eigenvalue weighted by atomic mass is 35.5. The predicted molar refractivity (Wildman–Crippen MR) is 101 cm³/mol. The largest absolute Gasteiger partial charge is 0.433 e. The first kappa shape index (κ1) is 21.7. The molecule has 1 aromatic heterocycles. The molecule has 1 unspecified atom stereocenters. The first-order valence-electron chi connectivity index (χ1n) is 8.63. The van der Waals surface area contributed by atoms with E-state index < -0.39 is 29.4 Å². The molecule has 0 aliphatic carbocycles. The highest BCUT2D eigenvalue weighted by Crippen LogP contribution is 2.34. The number of rotatable bonds is 6. The molecule has 10 heteroatoms. The van der Waals surface area contributed by atoms with Crippen LogP contribution in [0, 0.1) is 0 Å². The van der Waals surface area contributed by atoms with Gasteiger partial charge in [0.05, 0.1) is 11.8 Å². The molecule has 0 radical (unpaired) electrons. The summed E-state index contributed by atoms with van der Waals surface area (Å²) in [7, 11) is 0. The molecule has 1 aromatic carbocycles. The molecule has 2 N–H and O–H groups in total. The number of anilines is 2. The van der Waals surface area contributed by atoms with Crippen LogP contribution in [0.3, 0.4) is 0 Å². The minimum absolute atomic E-state index is 0.147. The zero-order chi connectivity index (χ0) is 21.1. The van der Waals surface area contributed by atoms with Crippen molar-refractivity contribution in [3.05, 3.63) is 40.7 Å². The Hall–Kier alpha value is -2.55. The normalized spacial score (nSPS) is 12.5. The van der Waals surface area contributed by atoms with Crippen molar-refractivity contribution in [2.45, 2.75) is 45.8 Å². The average molecular weight is 417 g/mol. The Kier molecular flexibility index (Phi) is 6.71. The molecule has 0 spiro atoms. The number of alkyl halides is 3. The summed E-state index contributed by atoms with van der Waals surface area (Å²) in [5.74, 6) is -1.24. The van der Waals surface area contributed by atoms with E-state index in [0.29, 0.717) is 12.1 Å². The molecular weight excluding hydrogens is 397 g/mol. The molecule has 0 saturated carbocycles. The Bertz CT molecular complexity index is 880. The van der Waals surface area contributed by atoms with Crippen molar-refractivity contribution >= 4 is 34.8 Å². The third-order valence-electron chi connectivity index (χ3n) is 4.08. The molecule has 1 heterocycles. The number of hydrogen-bond donors (Lipinski definition) is 2. The van der Waals surface area contributed by atoms with Crippen LogP contribution in [0.2, 0.25) is 5.02 Å². The molecule has 6 nitrogen and oxygen atoms in total. The average Bonchev–Trinajstić information content (AvgIpc) is 3.06. The molecule has 2 aromatic rings. The van der Waals surface area contributed by atoms with Gasteiger partial charge in [0.1, 0.15) is 0 Å². The summed E-state index contributed by atoms with van der Waals surface area (Å²) in [6, 6.07) is 3.71. The van der Waals surface area contributed by atoms with Gasteiger partial charge in [0, 0.05) is 28.9 Å². The van der Waals surface area contributed by atoms with Crippen LogP contribution in [0.4, 0.5) is 24.5 Å². The van der Waals surface area contributed by atoms with E-state index in [1.165, 1.54) is 18.2 Å². The fourth-order valence-electron chi connectivity index (χ4n) is 2.50. The van der Waals surface area contributed by atoms with Gasteiger partial charge < -0.3 is 10.6 Å². The number of benzene rings is 1. The summed E-state index contributed by atoms with van der Waals surface area (Å²) < 4.78 is 41.4. The Morgan fingerprint density at radius 1 is 1.18 bits per heavy atom. The third kappa shape index (κ3) is 5.03. The first-order chi connectivity index (χ1) is 13.1. The lowest BCUT2D eigenvalue weighted by Crippen LogP contribution is -2.22. The summed E-state index contributed by atoms with van der Waals surface area (Å²) in [6.07, 6.45) is -3.20. The minimum Gasteiger partial charge on any atom is -0.326 e. The van der Waals surface area contributed by atoms with Crippen molar-refractivity contribution in [3.8, 4) is 0 Å². The Morgan fingerprint density at radius 3 is 2.32 bits per heavy atom. The second-order valence-electron chi connectivity index (χ2n) is 6.19. The lowest BCUT2D eigenvalue weighted by atomic mass is 10.2. The summed E-state index contributed by atoms with van der Waals surface area (Å²) >= 11 is 5.98. The van der Waals surface area contributed by atoms with Crippen LogP contribution in [0.15, 0.2) is 24.4 Å². The Balaban J connectivity index is 2.36.